The Morgan fingerprint density at radius 1 is 1.22 bits per heavy atom. The number of imidazole rings is 1. The van der Waals surface area contributed by atoms with Crippen LogP contribution in [0.25, 0.3) is 16.6 Å². The van der Waals surface area contributed by atoms with Gasteiger partial charge in [-0.3, -0.25) is 15.0 Å². The van der Waals surface area contributed by atoms with Gasteiger partial charge in [-0.15, -0.1) is 0 Å². The predicted octanol–water partition coefficient (Wildman–Crippen LogP) is 1.72. The average Bonchev–Trinajstić information content (AvgIpc) is 3.31. The third-order valence-electron chi connectivity index (χ3n) is 6.00. The van der Waals surface area contributed by atoms with Gasteiger partial charge in [-0.1, -0.05) is 0 Å². The van der Waals surface area contributed by atoms with Gasteiger partial charge >= 0.3 is 0 Å². The summed E-state index contributed by atoms with van der Waals surface area (Å²) in [5, 5.41) is 17.2. The second kappa shape index (κ2) is 9.56. The third-order valence-corrected chi connectivity index (χ3v) is 6.00. The first-order valence-corrected chi connectivity index (χ1v) is 11.5. The molecule has 1 fully saturated rings. The number of fused-ring (bicyclic) bond motifs is 1. The molecule has 12 heteroatoms. The Morgan fingerprint density at radius 2 is 2.03 bits per heavy atom. The molecule has 184 valence electrons. The Hall–Kier alpha value is -4.61. The fourth-order valence-electron chi connectivity index (χ4n) is 4.29. The molecule has 11 nitrogen and oxygen atoms in total. The van der Waals surface area contributed by atoms with Gasteiger partial charge in [0.15, 0.2) is 5.82 Å². The largest absolute Gasteiger partial charge is 0.392 e. The minimum atomic E-state index is -0.614. The van der Waals surface area contributed by atoms with Crippen molar-refractivity contribution in [2.24, 2.45) is 0 Å². The van der Waals surface area contributed by atoms with Gasteiger partial charge in [0.25, 0.3) is 5.91 Å². The number of nitrogens with zero attached hydrogens (tertiary/aromatic N) is 4. The van der Waals surface area contributed by atoms with Crippen molar-refractivity contribution in [2.75, 3.05) is 18.5 Å². The number of halogens is 1. The van der Waals surface area contributed by atoms with Gasteiger partial charge in [0.2, 0.25) is 5.91 Å². The van der Waals surface area contributed by atoms with Crippen LogP contribution in [-0.4, -0.2) is 51.1 Å². The van der Waals surface area contributed by atoms with E-state index < -0.39 is 11.7 Å². The van der Waals surface area contributed by atoms with Gasteiger partial charge in [-0.05, 0) is 31.0 Å². The topological polar surface area (TPSA) is 152 Å². The van der Waals surface area contributed by atoms with E-state index in [4.69, 9.17) is 5.41 Å². The molecule has 0 aliphatic carbocycles. The first-order chi connectivity index (χ1) is 17.5. The second-order valence-corrected chi connectivity index (χ2v) is 8.33. The Bertz CT molecular complexity index is 1430. The van der Waals surface area contributed by atoms with Crippen molar-refractivity contribution in [3.63, 3.8) is 0 Å². The molecular weight excluding hydrogens is 465 g/mol. The van der Waals surface area contributed by atoms with Gasteiger partial charge in [-0.25, -0.2) is 19.3 Å². The molecular formula is C24H24FN9O2. The summed E-state index contributed by atoms with van der Waals surface area (Å²) in [6, 6.07) is 4.83. The number of amides is 2. The van der Waals surface area contributed by atoms with Crippen LogP contribution in [0.5, 0.6) is 0 Å². The fraction of sp³-hybridized carbons (Fsp3) is 0.250. The first kappa shape index (κ1) is 23.1. The first-order valence-electron chi connectivity index (χ1n) is 11.5. The number of aromatic amines is 1. The van der Waals surface area contributed by atoms with Gasteiger partial charge < -0.3 is 25.8 Å². The normalized spacial score (nSPS) is 17.7. The maximum Gasteiger partial charge on any atom is 0.261 e. The molecule has 1 saturated heterocycles. The Balaban J connectivity index is 1.59. The van der Waals surface area contributed by atoms with Crippen LogP contribution in [0.4, 0.5) is 10.1 Å². The molecule has 0 saturated carbocycles. The van der Waals surface area contributed by atoms with E-state index in [1.807, 2.05) is 0 Å². The number of carbonyl (C=O) groups excluding carboxylic acids is 2. The van der Waals surface area contributed by atoms with E-state index in [1.165, 1.54) is 17.2 Å². The Labute approximate surface area is 205 Å². The Morgan fingerprint density at radius 3 is 2.78 bits per heavy atom. The lowest BCUT2D eigenvalue weighted by Crippen LogP contribution is -2.40. The SMILES string of the molecule is CN/C=C1/NC(=O)C(c2nc3ccc(N4CCCCC4=O)c(F)c3[nH]2)=C(NCc2ncccn2)C1=N. The highest BCUT2D eigenvalue weighted by Gasteiger charge is 2.32. The van der Waals surface area contributed by atoms with Crippen LogP contribution < -0.4 is 20.9 Å². The smallest absolute Gasteiger partial charge is 0.261 e. The highest BCUT2D eigenvalue weighted by atomic mass is 19.1. The minimum absolute atomic E-state index is 0.00964. The van der Waals surface area contributed by atoms with Crippen molar-refractivity contribution in [1.29, 1.82) is 5.41 Å². The molecule has 0 spiro atoms. The standard InChI is InChI=1S/C24H24FN9O2/c1-27-11-14-20(26)22(30-12-16-28-8-4-9-29-16)18(24(36)32-14)23-31-13-6-7-15(19(25)21(13)33-23)34-10-3-2-5-17(34)35/h4,6-9,11,26-27,30H,2-3,5,10,12H2,1H3,(H,31,33)(H,32,36)/b14-11+,26-20?. The van der Waals surface area contributed by atoms with Gasteiger partial charge in [0, 0.05) is 38.6 Å². The molecule has 0 bridgehead atoms. The highest BCUT2D eigenvalue weighted by Crippen LogP contribution is 2.31. The van der Waals surface area contributed by atoms with Crippen LogP contribution in [0.15, 0.2) is 48.2 Å². The molecule has 1 aromatic carbocycles. The second-order valence-electron chi connectivity index (χ2n) is 8.33. The number of rotatable bonds is 6. The van der Waals surface area contributed by atoms with E-state index >= 15 is 4.39 Å². The van der Waals surface area contributed by atoms with Crippen molar-refractivity contribution in [3.8, 4) is 0 Å². The van der Waals surface area contributed by atoms with E-state index in [1.54, 1.807) is 31.6 Å². The minimum Gasteiger partial charge on any atom is -0.392 e. The molecule has 2 aliphatic heterocycles. The van der Waals surface area contributed by atoms with Crippen molar-refractivity contribution in [1.82, 2.24) is 35.9 Å². The van der Waals surface area contributed by atoms with Gasteiger partial charge in [0.05, 0.1) is 29.1 Å². The number of piperidine rings is 1. The zero-order chi connectivity index (χ0) is 25.2. The van der Waals surface area contributed by atoms with E-state index in [0.717, 1.165) is 12.8 Å². The summed E-state index contributed by atoms with van der Waals surface area (Å²) in [6.45, 7) is 0.598. The van der Waals surface area contributed by atoms with E-state index in [0.29, 0.717) is 24.3 Å². The Kier molecular flexibility index (Phi) is 6.15. The molecule has 3 aromatic rings. The molecule has 2 amide bonds. The summed E-state index contributed by atoms with van der Waals surface area (Å²) in [4.78, 5) is 42.6. The summed E-state index contributed by atoms with van der Waals surface area (Å²) in [5.74, 6) is -0.700. The number of nitrogens with one attached hydrogen (secondary N) is 5. The fourth-order valence-corrected chi connectivity index (χ4v) is 4.29. The molecule has 0 radical (unpaired) electrons. The van der Waals surface area contributed by atoms with Crippen molar-refractivity contribution < 1.29 is 14.0 Å². The maximum atomic E-state index is 15.5. The predicted molar refractivity (Wildman–Crippen MR) is 131 cm³/mol. The van der Waals surface area contributed by atoms with Crippen LogP contribution in [-0.2, 0) is 16.1 Å². The monoisotopic (exact) mass is 489 g/mol. The molecule has 36 heavy (non-hydrogen) atoms. The average molecular weight is 490 g/mol. The highest BCUT2D eigenvalue weighted by molar-refractivity contribution is 6.33. The molecule has 5 N–H and O–H groups in total. The lowest BCUT2D eigenvalue weighted by molar-refractivity contribution is -0.119. The maximum absolute atomic E-state index is 15.5. The zero-order valence-corrected chi connectivity index (χ0v) is 19.5. The lowest BCUT2D eigenvalue weighted by atomic mass is 10.0. The van der Waals surface area contributed by atoms with E-state index in [-0.39, 0.29) is 52.2 Å². The van der Waals surface area contributed by atoms with Crippen LogP contribution in [0.3, 0.4) is 0 Å². The molecule has 2 aliphatic rings. The van der Waals surface area contributed by atoms with Gasteiger partial charge in [-0.2, -0.15) is 0 Å². The summed E-state index contributed by atoms with van der Waals surface area (Å²) >= 11 is 0. The number of anilines is 1. The molecule has 0 atom stereocenters. The molecule has 5 rings (SSSR count). The molecule has 0 unspecified atom stereocenters. The zero-order valence-electron chi connectivity index (χ0n) is 19.5. The van der Waals surface area contributed by atoms with E-state index in [9.17, 15) is 9.59 Å². The number of hydrogen-bond acceptors (Lipinski definition) is 8. The van der Waals surface area contributed by atoms with E-state index in [2.05, 4.69) is 35.9 Å². The number of aromatic nitrogens is 4. The van der Waals surface area contributed by atoms with Crippen LogP contribution >= 0.6 is 0 Å². The summed E-state index contributed by atoms with van der Waals surface area (Å²) in [6.07, 6.45) is 6.65. The lowest BCUT2D eigenvalue weighted by Gasteiger charge is -2.27. The van der Waals surface area contributed by atoms with Crippen molar-refractivity contribution >= 4 is 39.8 Å². The number of hydrogen-bond donors (Lipinski definition) is 5. The van der Waals surface area contributed by atoms with Gasteiger partial charge in [0.1, 0.15) is 28.5 Å². The van der Waals surface area contributed by atoms with Crippen LogP contribution in [0.2, 0.25) is 0 Å². The number of H-pyrrole nitrogens is 1. The summed E-state index contributed by atoms with van der Waals surface area (Å²) in [7, 11) is 1.66. The van der Waals surface area contributed by atoms with Crippen molar-refractivity contribution in [3.05, 3.63) is 65.7 Å². The molecule has 2 aromatic heterocycles. The summed E-state index contributed by atoms with van der Waals surface area (Å²) < 4.78 is 15.5. The quantitative estimate of drug-likeness (QED) is 0.354. The van der Waals surface area contributed by atoms with Crippen molar-refractivity contribution in [2.45, 2.75) is 25.8 Å². The van der Waals surface area contributed by atoms with Crippen LogP contribution in [0, 0.1) is 11.2 Å². The molecule has 4 heterocycles. The third kappa shape index (κ3) is 4.17. The summed E-state index contributed by atoms with van der Waals surface area (Å²) in [5.41, 5.74) is 1.07. The van der Waals surface area contributed by atoms with Crippen LogP contribution in [0.1, 0.15) is 30.9 Å². The number of carbonyl (C=O) groups is 2. The number of benzene rings is 1.